The van der Waals surface area contributed by atoms with Crippen LogP contribution >= 0.6 is 34.8 Å². The third-order valence-corrected chi connectivity index (χ3v) is 5.09. The van der Waals surface area contributed by atoms with Crippen LogP contribution in [0.3, 0.4) is 0 Å². The topological polar surface area (TPSA) is 66.0 Å². The highest BCUT2D eigenvalue weighted by atomic mass is 35.5. The van der Waals surface area contributed by atoms with Crippen LogP contribution in [0.4, 0.5) is 18.9 Å². The molecule has 0 aliphatic heterocycles. The van der Waals surface area contributed by atoms with Crippen molar-refractivity contribution >= 4 is 52.5 Å². The van der Waals surface area contributed by atoms with Gasteiger partial charge in [0.2, 0.25) is 0 Å². The summed E-state index contributed by atoms with van der Waals surface area (Å²) in [4.78, 5) is 12.4. The van der Waals surface area contributed by atoms with Gasteiger partial charge in [0, 0.05) is 11.6 Å². The van der Waals surface area contributed by atoms with Crippen LogP contribution in [0.2, 0.25) is 15.1 Å². The number of halogens is 6. The van der Waals surface area contributed by atoms with Crippen molar-refractivity contribution in [2.24, 2.45) is 0 Å². The minimum Gasteiger partial charge on any atom is -0.457 e. The maximum atomic E-state index is 12.9. The second-order valence-corrected chi connectivity index (χ2v) is 7.37. The molecule has 1 N–H and O–H groups in total. The Kier molecular flexibility index (Phi) is 6.65. The number of furan rings is 1. The van der Waals surface area contributed by atoms with E-state index >= 15 is 0 Å². The van der Waals surface area contributed by atoms with Crippen molar-refractivity contribution in [1.29, 1.82) is 5.26 Å². The SMILES string of the molecule is N#CC(=Cc1ccc(-c2ccc(Cl)c(Cl)c2)o1)C(=O)Nc1cc(C(F)(F)F)ccc1Cl. The van der Waals surface area contributed by atoms with Crippen molar-refractivity contribution in [3.8, 4) is 17.4 Å². The summed E-state index contributed by atoms with van der Waals surface area (Å²) in [6, 6.07) is 12.1. The fourth-order valence-corrected chi connectivity index (χ4v) is 2.98. The lowest BCUT2D eigenvalue weighted by Crippen LogP contribution is -2.15. The standard InChI is InChI=1S/C21H10Cl3F3N2O2/c22-15-4-1-11(8-17(15)24)19-6-3-14(31-19)7-12(10-28)20(30)29-18-9-13(21(25,26)27)2-5-16(18)23/h1-9H,(H,29,30). The number of hydrogen-bond donors (Lipinski definition) is 1. The van der Waals surface area contributed by atoms with E-state index < -0.39 is 23.2 Å². The van der Waals surface area contributed by atoms with Gasteiger partial charge in [-0.1, -0.05) is 34.8 Å². The number of rotatable bonds is 4. The number of nitriles is 1. The Hall–Kier alpha value is -2.92. The van der Waals surface area contributed by atoms with Crippen LogP contribution in [0.25, 0.3) is 17.4 Å². The van der Waals surface area contributed by atoms with Gasteiger partial charge in [-0.15, -0.1) is 0 Å². The van der Waals surface area contributed by atoms with Crippen LogP contribution < -0.4 is 5.32 Å². The van der Waals surface area contributed by atoms with Gasteiger partial charge in [0.25, 0.3) is 5.91 Å². The summed E-state index contributed by atoms with van der Waals surface area (Å²) in [6.45, 7) is 0. The third-order valence-electron chi connectivity index (χ3n) is 4.02. The third kappa shape index (κ3) is 5.42. The largest absolute Gasteiger partial charge is 0.457 e. The van der Waals surface area contributed by atoms with E-state index in [1.54, 1.807) is 30.3 Å². The van der Waals surface area contributed by atoms with Gasteiger partial charge in [0.05, 0.1) is 26.3 Å². The van der Waals surface area contributed by atoms with E-state index in [4.69, 9.17) is 39.2 Å². The van der Waals surface area contributed by atoms with E-state index in [2.05, 4.69) is 5.32 Å². The van der Waals surface area contributed by atoms with Gasteiger partial charge in [-0.3, -0.25) is 4.79 Å². The maximum absolute atomic E-state index is 12.9. The number of alkyl halides is 3. The first kappa shape index (κ1) is 22.8. The highest BCUT2D eigenvalue weighted by Gasteiger charge is 2.31. The Balaban J connectivity index is 1.84. The van der Waals surface area contributed by atoms with Crippen LogP contribution in [0.5, 0.6) is 0 Å². The average Bonchev–Trinajstić information content (AvgIpc) is 3.17. The van der Waals surface area contributed by atoms with Gasteiger partial charge in [0.1, 0.15) is 23.2 Å². The second kappa shape index (κ2) is 9.06. The Labute approximate surface area is 189 Å². The van der Waals surface area contributed by atoms with Crippen LogP contribution in [0.15, 0.2) is 58.5 Å². The molecule has 0 bridgehead atoms. The van der Waals surface area contributed by atoms with Crippen molar-refractivity contribution in [2.75, 3.05) is 5.32 Å². The number of hydrogen-bond acceptors (Lipinski definition) is 3. The molecule has 0 saturated carbocycles. The molecule has 0 spiro atoms. The number of benzene rings is 2. The lowest BCUT2D eigenvalue weighted by Gasteiger charge is -2.11. The molecule has 0 fully saturated rings. The molecule has 0 atom stereocenters. The minimum absolute atomic E-state index is 0.112. The highest BCUT2D eigenvalue weighted by Crippen LogP contribution is 2.34. The number of anilines is 1. The normalized spacial score (nSPS) is 11.8. The molecule has 0 saturated heterocycles. The summed E-state index contributed by atoms with van der Waals surface area (Å²) < 4.78 is 44.3. The Morgan fingerprint density at radius 3 is 2.35 bits per heavy atom. The van der Waals surface area contributed by atoms with Crippen molar-refractivity contribution in [1.82, 2.24) is 0 Å². The van der Waals surface area contributed by atoms with Crippen molar-refractivity contribution < 1.29 is 22.4 Å². The Morgan fingerprint density at radius 2 is 1.71 bits per heavy atom. The zero-order valence-corrected chi connectivity index (χ0v) is 17.5. The molecular weight excluding hydrogens is 476 g/mol. The van der Waals surface area contributed by atoms with Crippen molar-refractivity contribution in [3.63, 3.8) is 0 Å². The van der Waals surface area contributed by atoms with Gasteiger partial charge in [-0.2, -0.15) is 18.4 Å². The number of nitrogens with one attached hydrogen (secondary N) is 1. The molecule has 0 unspecified atom stereocenters. The van der Waals surface area contributed by atoms with Crippen LogP contribution in [0, 0.1) is 11.3 Å². The number of carbonyl (C=O) groups is 1. The van der Waals surface area contributed by atoms with E-state index in [0.717, 1.165) is 18.2 Å². The predicted molar refractivity (Wildman–Crippen MR) is 113 cm³/mol. The fraction of sp³-hybridized carbons (Fsp3) is 0.0476. The molecule has 0 aliphatic carbocycles. The highest BCUT2D eigenvalue weighted by molar-refractivity contribution is 6.42. The van der Waals surface area contributed by atoms with Gasteiger partial charge < -0.3 is 9.73 Å². The first-order valence-corrected chi connectivity index (χ1v) is 9.57. The van der Waals surface area contributed by atoms with Crippen molar-refractivity contribution in [2.45, 2.75) is 6.18 Å². The number of carbonyl (C=O) groups excluding carboxylic acids is 1. The first-order valence-electron chi connectivity index (χ1n) is 8.43. The van der Waals surface area contributed by atoms with E-state index in [9.17, 15) is 23.2 Å². The molecule has 158 valence electrons. The minimum atomic E-state index is -4.62. The zero-order valence-electron chi connectivity index (χ0n) is 15.2. The van der Waals surface area contributed by atoms with Crippen LogP contribution in [-0.2, 0) is 11.0 Å². The van der Waals surface area contributed by atoms with E-state index in [1.807, 2.05) is 0 Å². The molecule has 0 aliphatic rings. The average molecular weight is 486 g/mol. The summed E-state index contributed by atoms with van der Waals surface area (Å²) in [7, 11) is 0. The van der Waals surface area contributed by atoms with Crippen LogP contribution in [-0.4, -0.2) is 5.91 Å². The van der Waals surface area contributed by atoms with E-state index in [0.29, 0.717) is 27.4 Å². The molecule has 4 nitrogen and oxygen atoms in total. The fourth-order valence-electron chi connectivity index (χ4n) is 2.51. The smallest absolute Gasteiger partial charge is 0.416 e. The second-order valence-electron chi connectivity index (χ2n) is 6.15. The summed E-state index contributed by atoms with van der Waals surface area (Å²) in [5.74, 6) is -0.373. The molecule has 10 heteroatoms. The van der Waals surface area contributed by atoms with Crippen LogP contribution in [0.1, 0.15) is 11.3 Å². The molecule has 0 radical (unpaired) electrons. The van der Waals surface area contributed by atoms with Gasteiger partial charge in [0.15, 0.2) is 0 Å². The van der Waals surface area contributed by atoms with E-state index in [1.165, 1.54) is 6.07 Å². The Bertz CT molecular complexity index is 1230. The molecule has 2 aromatic carbocycles. The van der Waals surface area contributed by atoms with Crippen molar-refractivity contribution in [3.05, 3.63) is 80.5 Å². The quantitative estimate of drug-likeness (QED) is 0.308. The molecule has 1 heterocycles. The molecule has 1 amide bonds. The maximum Gasteiger partial charge on any atom is 0.416 e. The van der Waals surface area contributed by atoms with Gasteiger partial charge in [-0.25, -0.2) is 0 Å². The molecule has 31 heavy (non-hydrogen) atoms. The number of amides is 1. The summed E-state index contributed by atoms with van der Waals surface area (Å²) in [6.07, 6.45) is -3.47. The van der Waals surface area contributed by atoms with Gasteiger partial charge >= 0.3 is 6.18 Å². The summed E-state index contributed by atoms with van der Waals surface area (Å²) in [5.41, 5.74) is -1.05. The van der Waals surface area contributed by atoms with Gasteiger partial charge in [-0.05, 0) is 48.5 Å². The zero-order chi connectivity index (χ0) is 22.8. The molecular formula is C21H10Cl3F3N2O2. The summed E-state index contributed by atoms with van der Waals surface area (Å²) >= 11 is 17.7. The lowest BCUT2D eigenvalue weighted by atomic mass is 10.1. The summed E-state index contributed by atoms with van der Waals surface area (Å²) in [5, 5.41) is 12.1. The van der Waals surface area contributed by atoms with E-state index in [-0.39, 0.29) is 16.5 Å². The molecule has 3 rings (SSSR count). The molecule has 1 aromatic heterocycles. The predicted octanol–water partition coefficient (Wildman–Crippen LogP) is 7.47. The first-order chi connectivity index (χ1) is 14.6. The Morgan fingerprint density at radius 1 is 1.00 bits per heavy atom. The molecule has 3 aromatic rings. The number of nitrogens with zero attached hydrogens (tertiary/aromatic N) is 1. The monoisotopic (exact) mass is 484 g/mol. The lowest BCUT2D eigenvalue weighted by molar-refractivity contribution is -0.137.